The number of hydrogen-bond acceptors (Lipinski definition) is 2. The molecular weight excluding hydrogens is 220 g/mol. The lowest BCUT2D eigenvalue weighted by Gasteiger charge is -2.24. The smallest absolute Gasteiger partial charge is 0.134 e. The fraction of sp³-hybridized carbons (Fsp3) is 0.692. The van der Waals surface area contributed by atoms with E-state index in [0.717, 1.165) is 17.2 Å². The molecule has 0 aromatic carbocycles. The maximum Gasteiger partial charge on any atom is 0.134 e. The van der Waals surface area contributed by atoms with Crippen molar-refractivity contribution in [3.8, 4) is 0 Å². The lowest BCUT2D eigenvalue weighted by atomic mass is 9.89. The van der Waals surface area contributed by atoms with Gasteiger partial charge in [0.05, 0.1) is 16.4 Å². The van der Waals surface area contributed by atoms with Crippen LogP contribution in [0.25, 0.3) is 0 Å². The standard InChI is InChI=1S/C13H21ClN2/c1-8-9(14)10(12(2,3)4)16-11(15-8)13(5,6)7/h1-7H3. The summed E-state index contributed by atoms with van der Waals surface area (Å²) in [7, 11) is 0. The fourth-order valence-electron chi connectivity index (χ4n) is 1.39. The summed E-state index contributed by atoms with van der Waals surface area (Å²) in [5, 5.41) is 0.695. The van der Waals surface area contributed by atoms with Gasteiger partial charge in [0.25, 0.3) is 0 Å². The van der Waals surface area contributed by atoms with Crippen LogP contribution in [-0.2, 0) is 10.8 Å². The van der Waals surface area contributed by atoms with Crippen molar-refractivity contribution in [2.24, 2.45) is 0 Å². The van der Waals surface area contributed by atoms with E-state index in [1.165, 1.54) is 0 Å². The Labute approximate surface area is 103 Å². The highest BCUT2D eigenvalue weighted by Crippen LogP contribution is 2.31. The monoisotopic (exact) mass is 240 g/mol. The van der Waals surface area contributed by atoms with Crippen LogP contribution in [-0.4, -0.2) is 9.97 Å². The van der Waals surface area contributed by atoms with Gasteiger partial charge in [-0.25, -0.2) is 9.97 Å². The van der Waals surface area contributed by atoms with E-state index in [1.807, 2.05) is 6.92 Å². The van der Waals surface area contributed by atoms with Crippen LogP contribution in [0.15, 0.2) is 0 Å². The van der Waals surface area contributed by atoms with Crippen LogP contribution in [0.1, 0.15) is 58.8 Å². The van der Waals surface area contributed by atoms with Crippen molar-refractivity contribution in [3.05, 3.63) is 22.2 Å². The Bertz CT molecular complexity index is 398. The average Bonchev–Trinajstić information content (AvgIpc) is 2.05. The largest absolute Gasteiger partial charge is 0.236 e. The third kappa shape index (κ3) is 2.73. The molecule has 1 heterocycles. The fourth-order valence-corrected chi connectivity index (χ4v) is 1.76. The molecule has 0 bridgehead atoms. The molecule has 0 radical (unpaired) electrons. The van der Waals surface area contributed by atoms with Crippen LogP contribution < -0.4 is 0 Å². The lowest BCUT2D eigenvalue weighted by molar-refractivity contribution is 0.511. The van der Waals surface area contributed by atoms with E-state index in [1.54, 1.807) is 0 Å². The van der Waals surface area contributed by atoms with E-state index in [2.05, 4.69) is 51.5 Å². The van der Waals surface area contributed by atoms with E-state index in [-0.39, 0.29) is 10.8 Å². The molecule has 90 valence electrons. The quantitative estimate of drug-likeness (QED) is 0.684. The summed E-state index contributed by atoms with van der Waals surface area (Å²) in [4.78, 5) is 9.11. The molecule has 1 aromatic heterocycles. The first-order chi connectivity index (χ1) is 7.03. The van der Waals surface area contributed by atoms with E-state index in [4.69, 9.17) is 11.6 Å². The molecule has 0 unspecified atom stereocenters. The highest BCUT2D eigenvalue weighted by molar-refractivity contribution is 6.31. The van der Waals surface area contributed by atoms with Crippen molar-refractivity contribution in [3.63, 3.8) is 0 Å². The minimum atomic E-state index is -0.0508. The van der Waals surface area contributed by atoms with Gasteiger partial charge in [-0.15, -0.1) is 0 Å². The molecule has 1 rings (SSSR count). The summed E-state index contributed by atoms with van der Waals surface area (Å²) >= 11 is 6.27. The highest BCUT2D eigenvalue weighted by Gasteiger charge is 2.26. The van der Waals surface area contributed by atoms with Gasteiger partial charge in [-0.05, 0) is 6.92 Å². The Kier molecular flexibility index (Phi) is 3.35. The number of aromatic nitrogens is 2. The van der Waals surface area contributed by atoms with Crippen molar-refractivity contribution in [2.45, 2.75) is 59.3 Å². The number of halogens is 1. The van der Waals surface area contributed by atoms with E-state index >= 15 is 0 Å². The Balaban J connectivity index is 3.46. The van der Waals surface area contributed by atoms with E-state index in [9.17, 15) is 0 Å². The second kappa shape index (κ2) is 3.99. The molecular formula is C13H21ClN2. The zero-order chi connectivity index (χ0) is 12.7. The highest BCUT2D eigenvalue weighted by atomic mass is 35.5. The molecule has 0 N–H and O–H groups in total. The van der Waals surface area contributed by atoms with Crippen LogP contribution in [0.2, 0.25) is 5.02 Å². The van der Waals surface area contributed by atoms with Gasteiger partial charge in [-0.2, -0.15) is 0 Å². The number of nitrogens with zero attached hydrogens (tertiary/aromatic N) is 2. The third-order valence-electron chi connectivity index (χ3n) is 2.40. The zero-order valence-corrected chi connectivity index (χ0v) is 12.0. The van der Waals surface area contributed by atoms with Crippen LogP contribution in [0.5, 0.6) is 0 Å². The first-order valence-corrected chi connectivity index (χ1v) is 5.96. The number of hydrogen-bond donors (Lipinski definition) is 0. The van der Waals surface area contributed by atoms with Crippen LogP contribution >= 0.6 is 11.6 Å². The van der Waals surface area contributed by atoms with Crippen molar-refractivity contribution in [1.29, 1.82) is 0 Å². The van der Waals surface area contributed by atoms with Gasteiger partial charge >= 0.3 is 0 Å². The molecule has 0 fully saturated rings. The molecule has 0 saturated carbocycles. The summed E-state index contributed by atoms with van der Waals surface area (Å²) < 4.78 is 0. The van der Waals surface area contributed by atoms with Crippen LogP contribution in [0.4, 0.5) is 0 Å². The molecule has 0 atom stereocenters. The van der Waals surface area contributed by atoms with Gasteiger partial charge in [0.15, 0.2) is 0 Å². The van der Waals surface area contributed by atoms with Crippen molar-refractivity contribution in [1.82, 2.24) is 9.97 Å². The Hall–Kier alpha value is -0.630. The van der Waals surface area contributed by atoms with Crippen LogP contribution in [0.3, 0.4) is 0 Å². The molecule has 0 aliphatic heterocycles. The molecule has 0 spiro atoms. The van der Waals surface area contributed by atoms with E-state index in [0.29, 0.717) is 5.02 Å². The van der Waals surface area contributed by atoms with Crippen molar-refractivity contribution >= 4 is 11.6 Å². The molecule has 3 heteroatoms. The topological polar surface area (TPSA) is 25.8 Å². The summed E-state index contributed by atoms with van der Waals surface area (Å²) in [5.74, 6) is 0.860. The maximum absolute atomic E-state index is 6.27. The summed E-state index contributed by atoms with van der Waals surface area (Å²) in [6.45, 7) is 14.6. The SMILES string of the molecule is Cc1nc(C(C)(C)C)nc(C(C)(C)C)c1Cl. The van der Waals surface area contributed by atoms with Gasteiger partial charge in [0.2, 0.25) is 0 Å². The maximum atomic E-state index is 6.27. The third-order valence-corrected chi connectivity index (χ3v) is 2.85. The van der Waals surface area contributed by atoms with Crippen molar-refractivity contribution < 1.29 is 0 Å². The summed E-state index contributed by atoms with van der Waals surface area (Å²) in [6, 6.07) is 0. The normalized spacial score (nSPS) is 13.0. The number of rotatable bonds is 0. The lowest BCUT2D eigenvalue weighted by Crippen LogP contribution is -2.23. The second-order valence-corrected chi connectivity index (χ2v) is 6.67. The van der Waals surface area contributed by atoms with Crippen LogP contribution in [0, 0.1) is 6.92 Å². The molecule has 0 saturated heterocycles. The molecule has 2 nitrogen and oxygen atoms in total. The van der Waals surface area contributed by atoms with Crippen molar-refractivity contribution in [2.75, 3.05) is 0 Å². The predicted octanol–water partition coefficient (Wildman–Crippen LogP) is 4.03. The Morgan fingerprint density at radius 1 is 0.875 bits per heavy atom. The second-order valence-electron chi connectivity index (χ2n) is 6.30. The summed E-state index contributed by atoms with van der Waals surface area (Å²) in [5.41, 5.74) is 1.71. The number of aryl methyl sites for hydroxylation is 1. The van der Waals surface area contributed by atoms with Gasteiger partial charge in [0, 0.05) is 10.8 Å². The van der Waals surface area contributed by atoms with Gasteiger partial charge in [-0.3, -0.25) is 0 Å². The Morgan fingerprint density at radius 2 is 1.38 bits per heavy atom. The average molecular weight is 241 g/mol. The molecule has 0 amide bonds. The molecule has 16 heavy (non-hydrogen) atoms. The Morgan fingerprint density at radius 3 is 1.75 bits per heavy atom. The predicted molar refractivity (Wildman–Crippen MR) is 69.2 cm³/mol. The molecule has 0 aliphatic rings. The molecule has 1 aromatic rings. The first kappa shape index (κ1) is 13.4. The first-order valence-electron chi connectivity index (χ1n) is 5.58. The minimum Gasteiger partial charge on any atom is -0.236 e. The minimum absolute atomic E-state index is 0.0463. The van der Waals surface area contributed by atoms with Gasteiger partial charge in [0.1, 0.15) is 5.82 Å². The zero-order valence-electron chi connectivity index (χ0n) is 11.3. The van der Waals surface area contributed by atoms with Gasteiger partial charge < -0.3 is 0 Å². The summed E-state index contributed by atoms with van der Waals surface area (Å²) in [6.07, 6.45) is 0. The van der Waals surface area contributed by atoms with Gasteiger partial charge in [-0.1, -0.05) is 53.1 Å². The van der Waals surface area contributed by atoms with E-state index < -0.39 is 0 Å². The molecule has 0 aliphatic carbocycles.